The standard InChI is InChI=1S/C21H30N2O2/c1-15(2)14-23-18-8-6-5-7-17(18)21(13-19(23)24)9-11-22(12-10-21)20(25)16(3)4/h5-8,15-16H,9-14H2,1-4H3. The largest absolute Gasteiger partial charge is 0.342 e. The van der Waals surface area contributed by atoms with E-state index < -0.39 is 0 Å². The van der Waals surface area contributed by atoms with Gasteiger partial charge in [0.15, 0.2) is 0 Å². The van der Waals surface area contributed by atoms with E-state index in [-0.39, 0.29) is 23.1 Å². The number of hydrogen-bond acceptors (Lipinski definition) is 2. The predicted molar refractivity (Wildman–Crippen MR) is 101 cm³/mol. The van der Waals surface area contributed by atoms with Crippen LogP contribution in [0.25, 0.3) is 0 Å². The molecule has 2 aliphatic heterocycles. The Morgan fingerprint density at radius 2 is 1.76 bits per heavy atom. The van der Waals surface area contributed by atoms with Gasteiger partial charge in [0.1, 0.15) is 0 Å². The fourth-order valence-electron chi connectivity index (χ4n) is 4.30. The summed E-state index contributed by atoms with van der Waals surface area (Å²) in [4.78, 5) is 29.2. The molecule has 2 aliphatic rings. The van der Waals surface area contributed by atoms with Gasteiger partial charge in [0.2, 0.25) is 11.8 Å². The molecular weight excluding hydrogens is 312 g/mol. The fourth-order valence-corrected chi connectivity index (χ4v) is 4.30. The molecule has 0 bridgehead atoms. The number of piperidine rings is 1. The van der Waals surface area contributed by atoms with Crippen molar-refractivity contribution in [2.24, 2.45) is 11.8 Å². The van der Waals surface area contributed by atoms with E-state index in [4.69, 9.17) is 0 Å². The summed E-state index contributed by atoms with van der Waals surface area (Å²) in [6.45, 7) is 10.5. The summed E-state index contributed by atoms with van der Waals surface area (Å²) in [5.74, 6) is 0.940. The number of carbonyl (C=O) groups excluding carboxylic acids is 2. The predicted octanol–water partition coefficient (Wildman–Crippen LogP) is 3.60. The Balaban J connectivity index is 1.88. The Morgan fingerprint density at radius 3 is 2.36 bits per heavy atom. The number of benzene rings is 1. The van der Waals surface area contributed by atoms with Gasteiger partial charge in [0, 0.05) is 43.1 Å². The van der Waals surface area contributed by atoms with Crippen molar-refractivity contribution in [2.45, 2.75) is 52.4 Å². The van der Waals surface area contributed by atoms with Crippen molar-refractivity contribution < 1.29 is 9.59 Å². The Bertz CT molecular complexity index is 658. The lowest BCUT2D eigenvalue weighted by atomic mass is 9.67. The minimum absolute atomic E-state index is 0.0378. The van der Waals surface area contributed by atoms with Gasteiger partial charge in [-0.05, 0) is 30.4 Å². The van der Waals surface area contributed by atoms with Crippen molar-refractivity contribution in [1.29, 1.82) is 0 Å². The van der Waals surface area contributed by atoms with Crippen molar-refractivity contribution >= 4 is 17.5 Å². The topological polar surface area (TPSA) is 40.6 Å². The van der Waals surface area contributed by atoms with E-state index in [1.54, 1.807) is 0 Å². The lowest BCUT2D eigenvalue weighted by Crippen LogP contribution is -2.52. The van der Waals surface area contributed by atoms with E-state index in [0.29, 0.717) is 12.3 Å². The normalized spacial score (nSPS) is 19.7. The fraction of sp³-hybridized carbons (Fsp3) is 0.619. The maximum Gasteiger partial charge on any atom is 0.227 e. The van der Waals surface area contributed by atoms with Gasteiger partial charge in [0.05, 0.1) is 0 Å². The van der Waals surface area contributed by atoms with Crippen LogP contribution in [0, 0.1) is 11.8 Å². The Kier molecular flexibility index (Phi) is 4.90. The number of anilines is 1. The van der Waals surface area contributed by atoms with Gasteiger partial charge in [-0.2, -0.15) is 0 Å². The molecule has 0 N–H and O–H groups in total. The molecule has 2 heterocycles. The molecule has 25 heavy (non-hydrogen) atoms. The van der Waals surface area contributed by atoms with E-state index in [1.807, 2.05) is 29.7 Å². The van der Waals surface area contributed by atoms with Gasteiger partial charge in [-0.25, -0.2) is 0 Å². The molecule has 1 aromatic rings. The first-order valence-corrected chi connectivity index (χ1v) is 9.53. The molecule has 3 rings (SSSR count). The van der Waals surface area contributed by atoms with Crippen molar-refractivity contribution in [3.63, 3.8) is 0 Å². The summed E-state index contributed by atoms with van der Waals surface area (Å²) in [6, 6.07) is 8.38. The first-order valence-electron chi connectivity index (χ1n) is 9.53. The lowest BCUT2D eigenvalue weighted by Gasteiger charge is -2.47. The SMILES string of the molecule is CC(C)CN1C(=O)CC2(CCN(C(=O)C(C)C)CC2)c2ccccc21. The monoisotopic (exact) mass is 342 g/mol. The number of likely N-dealkylation sites (tertiary alicyclic amines) is 1. The molecule has 0 saturated carbocycles. The van der Waals surface area contributed by atoms with Crippen molar-refractivity contribution in [2.75, 3.05) is 24.5 Å². The second kappa shape index (κ2) is 6.81. The van der Waals surface area contributed by atoms with E-state index in [0.717, 1.165) is 38.2 Å². The highest BCUT2D eigenvalue weighted by molar-refractivity contribution is 5.98. The first-order chi connectivity index (χ1) is 11.8. The zero-order valence-electron chi connectivity index (χ0n) is 15.9. The summed E-state index contributed by atoms with van der Waals surface area (Å²) in [5, 5.41) is 0. The van der Waals surface area contributed by atoms with Gasteiger partial charge in [-0.3, -0.25) is 9.59 Å². The minimum Gasteiger partial charge on any atom is -0.342 e. The van der Waals surface area contributed by atoms with Gasteiger partial charge in [-0.1, -0.05) is 45.9 Å². The number of nitrogens with zero attached hydrogens (tertiary/aromatic N) is 2. The van der Waals surface area contributed by atoms with Crippen LogP contribution in [0.2, 0.25) is 0 Å². The molecule has 0 unspecified atom stereocenters. The quantitative estimate of drug-likeness (QED) is 0.842. The highest BCUT2D eigenvalue weighted by Gasteiger charge is 2.45. The molecule has 1 fully saturated rings. The van der Waals surface area contributed by atoms with E-state index in [2.05, 4.69) is 32.0 Å². The zero-order valence-corrected chi connectivity index (χ0v) is 15.9. The number of para-hydroxylation sites is 1. The molecule has 1 spiro atoms. The maximum atomic E-state index is 12.9. The summed E-state index contributed by atoms with van der Waals surface area (Å²) in [7, 11) is 0. The Morgan fingerprint density at radius 1 is 1.12 bits per heavy atom. The molecule has 0 aliphatic carbocycles. The smallest absolute Gasteiger partial charge is 0.227 e. The zero-order chi connectivity index (χ0) is 18.2. The number of carbonyl (C=O) groups is 2. The van der Waals surface area contributed by atoms with Crippen molar-refractivity contribution in [3.8, 4) is 0 Å². The number of hydrogen-bond donors (Lipinski definition) is 0. The lowest BCUT2D eigenvalue weighted by molar-refractivity contribution is -0.136. The van der Waals surface area contributed by atoms with Gasteiger partial charge in [0.25, 0.3) is 0 Å². The van der Waals surface area contributed by atoms with Crippen LogP contribution in [-0.2, 0) is 15.0 Å². The van der Waals surface area contributed by atoms with Crippen LogP contribution in [0.4, 0.5) is 5.69 Å². The highest BCUT2D eigenvalue weighted by Crippen LogP contribution is 2.47. The molecular formula is C21H30N2O2. The number of rotatable bonds is 3. The summed E-state index contributed by atoms with van der Waals surface area (Å²) >= 11 is 0. The average Bonchev–Trinajstić information content (AvgIpc) is 2.58. The third-order valence-corrected chi connectivity index (χ3v) is 5.63. The van der Waals surface area contributed by atoms with Crippen molar-refractivity contribution in [3.05, 3.63) is 29.8 Å². The van der Waals surface area contributed by atoms with Crippen LogP contribution < -0.4 is 4.90 Å². The molecule has 4 nitrogen and oxygen atoms in total. The molecule has 0 atom stereocenters. The maximum absolute atomic E-state index is 12.9. The Hall–Kier alpha value is -1.84. The molecule has 0 aromatic heterocycles. The van der Waals surface area contributed by atoms with Crippen molar-refractivity contribution in [1.82, 2.24) is 4.90 Å². The summed E-state index contributed by atoms with van der Waals surface area (Å²) in [6.07, 6.45) is 2.33. The second-order valence-corrected chi connectivity index (χ2v) is 8.35. The third kappa shape index (κ3) is 3.31. The molecule has 1 saturated heterocycles. The summed E-state index contributed by atoms with van der Waals surface area (Å²) in [5.41, 5.74) is 2.28. The van der Waals surface area contributed by atoms with Crippen LogP contribution in [0.3, 0.4) is 0 Å². The van der Waals surface area contributed by atoms with Crippen LogP contribution in [0.1, 0.15) is 52.5 Å². The van der Waals surface area contributed by atoms with Gasteiger partial charge in [-0.15, -0.1) is 0 Å². The number of amides is 2. The number of fused-ring (bicyclic) bond motifs is 2. The van der Waals surface area contributed by atoms with Crippen LogP contribution >= 0.6 is 0 Å². The average molecular weight is 342 g/mol. The Labute approximate surface area is 151 Å². The molecule has 136 valence electrons. The third-order valence-electron chi connectivity index (χ3n) is 5.63. The van der Waals surface area contributed by atoms with E-state index in [9.17, 15) is 9.59 Å². The van der Waals surface area contributed by atoms with Crippen LogP contribution in [0.15, 0.2) is 24.3 Å². The highest BCUT2D eigenvalue weighted by atomic mass is 16.2. The molecule has 0 radical (unpaired) electrons. The molecule has 4 heteroatoms. The van der Waals surface area contributed by atoms with Gasteiger partial charge < -0.3 is 9.80 Å². The van der Waals surface area contributed by atoms with E-state index in [1.165, 1.54) is 5.56 Å². The molecule has 1 aromatic carbocycles. The van der Waals surface area contributed by atoms with Crippen LogP contribution in [0.5, 0.6) is 0 Å². The first kappa shape index (κ1) is 18.0. The second-order valence-electron chi connectivity index (χ2n) is 8.35. The minimum atomic E-state index is -0.102. The summed E-state index contributed by atoms with van der Waals surface area (Å²) < 4.78 is 0. The van der Waals surface area contributed by atoms with Gasteiger partial charge >= 0.3 is 0 Å². The molecule has 2 amide bonds. The van der Waals surface area contributed by atoms with E-state index >= 15 is 0 Å². The van der Waals surface area contributed by atoms with Crippen LogP contribution in [-0.4, -0.2) is 36.3 Å².